The summed E-state index contributed by atoms with van der Waals surface area (Å²) in [4.78, 5) is 2.51. The number of nitrogens with one attached hydrogen (secondary N) is 2. The van der Waals surface area contributed by atoms with E-state index in [1.165, 1.54) is 43.6 Å². The Morgan fingerprint density at radius 3 is 3.17 bits per heavy atom. The second-order valence-corrected chi connectivity index (χ2v) is 5.36. The summed E-state index contributed by atoms with van der Waals surface area (Å²) in [7, 11) is 0. The summed E-state index contributed by atoms with van der Waals surface area (Å²) in [5, 5.41) is 7.13. The van der Waals surface area contributed by atoms with Crippen LogP contribution in [0.2, 0.25) is 0 Å². The van der Waals surface area contributed by atoms with Gasteiger partial charge in [0.2, 0.25) is 0 Å². The predicted molar refractivity (Wildman–Crippen MR) is 76.3 cm³/mol. The first-order chi connectivity index (χ1) is 8.93. The molecule has 2 heterocycles. The third-order valence-corrected chi connectivity index (χ3v) is 4.09. The number of para-hydroxylation sites is 1. The van der Waals surface area contributed by atoms with E-state index < -0.39 is 0 Å². The minimum absolute atomic E-state index is 0.677. The van der Waals surface area contributed by atoms with Crippen molar-refractivity contribution in [3.63, 3.8) is 0 Å². The fourth-order valence-electron chi connectivity index (χ4n) is 3.07. The van der Waals surface area contributed by atoms with Gasteiger partial charge in [-0.25, -0.2) is 0 Å². The molecule has 3 rings (SSSR count). The molecule has 0 unspecified atom stereocenters. The normalized spacial score (nSPS) is 23.1. The third-order valence-electron chi connectivity index (χ3n) is 4.09. The smallest absolute Gasteiger partial charge is 0.0399 e. The Bertz CT molecular complexity index is 385. The third kappa shape index (κ3) is 2.68. The lowest BCUT2D eigenvalue weighted by Gasteiger charge is -2.26. The van der Waals surface area contributed by atoms with Gasteiger partial charge in [-0.15, -0.1) is 0 Å². The molecular formula is C15H23N3. The monoisotopic (exact) mass is 245 g/mol. The van der Waals surface area contributed by atoms with Gasteiger partial charge in [0, 0.05) is 37.9 Å². The van der Waals surface area contributed by atoms with E-state index in [9.17, 15) is 0 Å². The van der Waals surface area contributed by atoms with Gasteiger partial charge >= 0.3 is 0 Å². The average Bonchev–Trinajstić information content (AvgIpc) is 2.84. The van der Waals surface area contributed by atoms with Gasteiger partial charge in [-0.1, -0.05) is 18.2 Å². The highest BCUT2D eigenvalue weighted by atomic mass is 15.2. The van der Waals surface area contributed by atoms with E-state index in [4.69, 9.17) is 0 Å². The van der Waals surface area contributed by atoms with E-state index in [2.05, 4.69) is 39.8 Å². The first-order valence-corrected chi connectivity index (χ1v) is 7.20. The maximum Gasteiger partial charge on any atom is 0.0399 e. The summed E-state index contributed by atoms with van der Waals surface area (Å²) in [6, 6.07) is 9.49. The average molecular weight is 245 g/mol. The number of anilines is 1. The van der Waals surface area contributed by atoms with E-state index in [-0.39, 0.29) is 0 Å². The van der Waals surface area contributed by atoms with Crippen LogP contribution in [-0.2, 0) is 6.42 Å². The summed E-state index contributed by atoms with van der Waals surface area (Å²) in [5.41, 5.74) is 2.96. The molecule has 0 bridgehead atoms. The van der Waals surface area contributed by atoms with Crippen LogP contribution in [0.25, 0.3) is 0 Å². The van der Waals surface area contributed by atoms with Gasteiger partial charge in [0.25, 0.3) is 0 Å². The fraction of sp³-hybridized carbons (Fsp3) is 0.600. The lowest BCUT2D eigenvalue weighted by atomic mass is 10.1. The molecule has 2 aliphatic rings. The highest BCUT2D eigenvalue weighted by Gasteiger charge is 2.18. The quantitative estimate of drug-likeness (QED) is 0.839. The van der Waals surface area contributed by atoms with Crippen molar-refractivity contribution < 1.29 is 0 Å². The van der Waals surface area contributed by atoms with Gasteiger partial charge in [0.05, 0.1) is 0 Å². The van der Waals surface area contributed by atoms with Crippen molar-refractivity contribution in [2.45, 2.75) is 25.3 Å². The highest BCUT2D eigenvalue weighted by Crippen LogP contribution is 2.26. The van der Waals surface area contributed by atoms with E-state index in [0.29, 0.717) is 6.04 Å². The van der Waals surface area contributed by atoms with E-state index in [1.807, 2.05) is 0 Å². The predicted octanol–water partition coefficient (Wildman–Crippen LogP) is 1.39. The van der Waals surface area contributed by atoms with Gasteiger partial charge in [-0.05, 0) is 37.4 Å². The zero-order chi connectivity index (χ0) is 12.2. The molecule has 18 heavy (non-hydrogen) atoms. The Kier molecular flexibility index (Phi) is 3.81. The molecule has 1 aromatic carbocycles. The van der Waals surface area contributed by atoms with Crippen LogP contribution in [0.3, 0.4) is 0 Å². The Morgan fingerprint density at radius 2 is 2.28 bits per heavy atom. The molecule has 0 amide bonds. The van der Waals surface area contributed by atoms with Gasteiger partial charge < -0.3 is 15.5 Å². The van der Waals surface area contributed by atoms with Crippen molar-refractivity contribution in [1.29, 1.82) is 0 Å². The molecule has 1 saturated heterocycles. The molecule has 2 aliphatic heterocycles. The Labute approximate surface area is 110 Å². The van der Waals surface area contributed by atoms with Crippen LogP contribution < -0.4 is 15.5 Å². The van der Waals surface area contributed by atoms with Crippen molar-refractivity contribution in [2.75, 3.05) is 37.6 Å². The minimum atomic E-state index is 0.677. The van der Waals surface area contributed by atoms with Gasteiger partial charge in [0.1, 0.15) is 0 Å². The number of piperidine rings is 1. The largest absolute Gasteiger partial charge is 0.370 e. The second-order valence-electron chi connectivity index (χ2n) is 5.36. The van der Waals surface area contributed by atoms with E-state index >= 15 is 0 Å². The lowest BCUT2D eigenvalue weighted by molar-refractivity contribution is 0.392. The standard InChI is InChI=1S/C15H23N3/c1-2-6-15-13(4-1)7-10-18(15)11-9-17-14-5-3-8-16-12-14/h1-2,4,6,14,16-17H,3,5,7-12H2/t14-/m0/s1. The minimum Gasteiger partial charge on any atom is -0.370 e. The Morgan fingerprint density at radius 1 is 1.33 bits per heavy atom. The van der Waals surface area contributed by atoms with Crippen LogP contribution >= 0.6 is 0 Å². The molecule has 0 aliphatic carbocycles. The number of rotatable bonds is 4. The number of fused-ring (bicyclic) bond motifs is 1. The van der Waals surface area contributed by atoms with Crippen molar-refractivity contribution in [3.05, 3.63) is 29.8 Å². The van der Waals surface area contributed by atoms with E-state index in [1.54, 1.807) is 0 Å². The van der Waals surface area contributed by atoms with Gasteiger partial charge in [-0.2, -0.15) is 0 Å². The maximum atomic E-state index is 3.68. The SMILES string of the molecule is c1ccc2c(c1)CCN2CCN[C@H]1CCCNC1. The number of benzene rings is 1. The van der Waals surface area contributed by atoms with Gasteiger partial charge in [-0.3, -0.25) is 0 Å². The molecule has 1 atom stereocenters. The van der Waals surface area contributed by atoms with Crippen molar-refractivity contribution >= 4 is 5.69 Å². The summed E-state index contributed by atoms with van der Waals surface area (Å²) in [6.07, 6.45) is 3.84. The molecule has 0 radical (unpaired) electrons. The summed E-state index contributed by atoms with van der Waals surface area (Å²) in [6.45, 7) is 5.74. The molecule has 0 aromatic heterocycles. The maximum absolute atomic E-state index is 3.68. The van der Waals surface area contributed by atoms with Crippen molar-refractivity contribution in [3.8, 4) is 0 Å². The van der Waals surface area contributed by atoms with Crippen LogP contribution in [0.4, 0.5) is 5.69 Å². The van der Waals surface area contributed by atoms with Crippen LogP contribution in [0.1, 0.15) is 18.4 Å². The number of nitrogens with zero attached hydrogens (tertiary/aromatic N) is 1. The molecular weight excluding hydrogens is 222 g/mol. The van der Waals surface area contributed by atoms with Crippen molar-refractivity contribution in [2.24, 2.45) is 0 Å². The second kappa shape index (κ2) is 5.72. The number of hydrogen-bond donors (Lipinski definition) is 2. The molecule has 1 aromatic rings. The molecule has 3 heteroatoms. The van der Waals surface area contributed by atoms with Crippen LogP contribution in [0.15, 0.2) is 24.3 Å². The molecule has 2 N–H and O–H groups in total. The van der Waals surface area contributed by atoms with Crippen LogP contribution in [-0.4, -0.2) is 38.8 Å². The lowest BCUT2D eigenvalue weighted by Crippen LogP contribution is -2.45. The summed E-state index contributed by atoms with van der Waals surface area (Å²) >= 11 is 0. The first-order valence-electron chi connectivity index (χ1n) is 7.20. The molecule has 0 saturated carbocycles. The summed E-state index contributed by atoms with van der Waals surface area (Å²) in [5.74, 6) is 0. The van der Waals surface area contributed by atoms with Crippen LogP contribution in [0.5, 0.6) is 0 Å². The molecule has 98 valence electrons. The Balaban J connectivity index is 1.47. The van der Waals surface area contributed by atoms with Crippen LogP contribution in [0, 0.1) is 0 Å². The first kappa shape index (κ1) is 12.0. The topological polar surface area (TPSA) is 27.3 Å². The Hall–Kier alpha value is -1.06. The summed E-state index contributed by atoms with van der Waals surface area (Å²) < 4.78 is 0. The zero-order valence-electron chi connectivity index (χ0n) is 11.0. The molecule has 1 fully saturated rings. The zero-order valence-corrected chi connectivity index (χ0v) is 11.0. The number of hydrogen-bond acceptors (Lipinski definition) is 3. The fourth-order valence-corrected chi connectivity index (χ4v) is 3.07. The highest BCUT2D eigenvalue weighted by molar-refractivity contribution is 5.57. The van der Waals surface area contributed by atoms with Crippen molar-refractivity contribution in [1.82, 2.24) is 10.6 Å². The molecule has 3 nitrogen and oxygen atoms in total. The van der Waals surface area contributed by atoms with E-state index in [0.717, 1.165) is 19.6 Å². The molecule has 0 spiro atoms. The van der Waals surface area contributed by atoms with Gasteiger partial charge in [0.15, 0.2) is 0 Å².